The van der Waals surface area contributed by atoms with Gasteiger partial charge in [0.2, 0.25) is 5.91 Å². The number of halogens is 1. The van der Waals surface area contributed by atoms with Gasteiger partial charge in [0.05, 0.1) is 19.1 Å². The summed E-state index contributed by atoms with van der Waals surface area (Å²) in [4.78, 5) is 23.0. The fourth-order valence-electron chi connectivity index (χ4n) is 2.39. The standard InChI is InChI=1S/C16H12ClNO3/c1-21-16(20)10-2-4-13(17)12(7-10)9-3-5-14-11(6-9)8-15(19)18-14/h2-7H,8H2,1H3,(H,18,19). The lowest BCUT2D eigenvalue weighted by molar-refractivity contribution is -0.115. The molecule has 0 aliphatic carbocycles. The Morgan fingerprint density at radius 3 is 2.81 bits per heavy atom. The highest BCUT2D eigenvalue weighted by Gasteiger charge is 2.18. The van der Waals surface area contributed by atoms with Gasteiger partial charge in [-0.1, -0.05) is 17.7 Å². The van der Waals surface area contributed by atoms with Crippen molar-refractivity contribution in [1.82, 2.24) is 0 Å². The second-order valence-corrected chi connectivity index (χ2v) is 5.19. The van der Waals surface area contributed by atoms with E-state index in [-0.39, 0.29) is 5.91 Å². The summed E-state index contributed by atoms with van der Waals surface area (Å²) in [7, 11) is 1.34. The zero-order valence-electron chi connectivity index (χ0n) is 11.3. The molecule has 1 N–H and O–H groups in total. The number of fused-ring (bicyclic) bond motifs is 1. The molecule has 0 aromatic heterocycles. The highest BCUT2D eigenvalue weighted by atomic mass is 35.5. The molecular weight excluding hydrogens is 290 g/mol. The number of anilines is 1. The van der Waals surface area contributed by atoms with Crippen LogP contribution in [0.4, 0.5) is 5.69 Å². The Morgan fingerprint density at radius 2 is 2.05 bits per heavy atom. The molecule has 0 radical (unpaired) electrons. The number of carbonyl (C=O) groups is 2. The first-order valence-electron chi connectivity index (χ1n) is 6.39. The fraction of sp³-hybridized carbons (Fsp3) is 0.125. The first-order valence-corrected chi connectivity index (χ1v) is 6.77. The van der Waals surface area contributed by atoms with Crippen LogP contribution in [-0.2, 0) is 16.0 Å². The maximum absolute atomic E-state index is 11.6. The van der Waals surface area contributed by atoms with Crippen molar-refractivity contribution in [3.8, 4) is 11.1 Å². The highest BCUT2D eigenvalue weighted by molar-refractivity contribution is 6.33. The largest absolute Gasteiger partial charge is 0.465 e. The molecule has 1 amide bonds. The first-order chi connectivity index (χ1) is 10.1. The van der Waals surface area contributed by atoms with Gasteiger partial charge in [0.1, 0.15) is 0 Å². The van der Waals surface area contributed by atoms with Crippen molar-refractivity contribution in [3.63, 3.8) is 0 Å². The van der Waals surface area contributed by atoms with Crippen LogP contribution in [0.5, 0.6) is 0 Å². The number of hydrogen-bond acceptors (Lipinski definition) is 3. The molecule has 4 nitrogen and oxygen atoms in total. The van der Waals surface area contributed by atoms with Crippen LogP contribution >= 0.6 is 11.6 Å². The maximum atomic E-state index is 11.6. The molecule has 3 rings (SSSR count). The minimum atomic E-state index is -0.411. The number of rotatable bonds is 2. The summed E-state index contributed by atoms with van der Waals surface area (Å²) in [5.74, 6) is -0.428. The third-order valence-electron chi connectivity index (χ3n) is 3.43. The summed E-state index contributed by atoms with van der Waals surface area (Å²) < 4.78 is 4.72. The summed E-state index contributed by atoms with van der Waals surface area (Å²) in [6.07, 6.45) is 0.359. The van der Waals surface area contributed by atoms with E-state index in [4.69, 9.17) is 16.3 Å². The van der Waals surface area contributed by atoms with Crippen molar-refractivity contribution in [2.75, 3.05) is 12.4 Å². The van der Waals surface area contributed by atoms with E-state index in [9.17, 15) is 9.59 Å². The van der Waals surface area contributed by atoms with Crippen molar-refractivity contribution in [1.29, 1.82) is 0 Å². The van der Waals surface area contributed by atoms with Crippen molar-refractivity contribution in [2.24, 2.45) is 0 Å². The van der Waals surface area contributed by atoms with Gasteiger partial charge in [-0.3, -0.25) is 4.79 Å². The van der Waals surface area contributed by atoms with Crippen LogP contribution in [0.15, 0.2) is 36.4 Å². The number of benzene rings is 2. The summed E-state index contributed by atoms with van der Waals surface area (Å²) in [6, 6.07) is 10.6. The zero-order valence-corrected chi connectivity index (χ0v) is 12.0. The van der Waals surface area contributed by atoms with Crippen molar-refractivity contribution in [3.05, 3.63) is 52.5 Å². The van der Waals surface area contributed by atoms with Gasteiger partial charge in [-0.05, 0) is 41.5 Å². The molecule has 0 saturated carbocycles. The summed E-state index contributed by atoms with van der Waals surface area (Å²) >= 11 is 6.22. The average molecular weight is 302 g/mol. The van der Waals surface area contributed by atoms with Gasteiger partial charge in [0.15, 0.2) is 0 Å². The Kier molecular flexibility index (Phi) is 3.39. The Bertz CT molecular complexity index is 755. The van der Waals surface area contributed by atoms with Crippen LogP contribution in [0, 0.1) is 0 Å². The lowest BCUT2D eigenvalue weighted by Gasteiger charge is -2.08. The first kappa shape index (κ1) is 13.6. The minimum absolute atomic E-state index is 0.0171. The average Bonchev–Trinajstić information content (AvgIpc) is 2.86. The van der Waals surface area contributed by atoms with E-state index < -0.39 is 5.97 Å². The van der Waals surface area contributed by atoms with Crippen LogP contribution in [0.1, 0.15) is 15.9 Å². The number of esters is 1. The molecule has 1 aliphatic heterocycles. The van der Waals surface area contributed by atoms with E-state index in [2.05, 4.69) is 5.32 Å². The summed E-state index contributed by atoms with van der Waals surface area (Å²) in [5.41, 5.74) is 3.79. The van der Waals surface area contributed by atoms with Crippen molar-refractivity contribution < 1.29 is 14.3 Å². The molecule has 2 aromatic carbocycles. The molecule has 0 fully saturated rings. The van der Waals surface area contributed by atoms with Gasteiger partial charge in [-0.15, -0.1) is 0 Å². The molecule has 0 unspecified atom stereocenters. The maximum Gasteiger partial charge on any atom is 0.337 e. The third-order valence-corrected chi connectivity index (χ3v) is 3.76. The van der Waals surface area contributed by atoms with Crippen LogP contribution in [0.25, 0.3) is 11.1 Å². The SMILES string of the molecule is COC(=O)c1ccc(Cl)c(-c2ccc3c(c2)CC(=O)N3)c1. The van der Waals surface area contributed by atoms with Crippen molar-refractivity contribution >= 4 is 29.2 Å². The number of ether oxygens (including phenoxy) is 1. The monoisotopic (exact) mass is 301 g/mol. The Morgan fingerprint density at radius 1 is 1.24 bits per heavy atom. The molecule has 0 atom stereocenters. The molecule has 0 bridgehead atoms. The minimum Gasteiger partial charge on any atom is -0.465 e. The number of hydrogen-bond donors (Lipinski definition) is 1. The van der Waals surface area contributed by atoms with E-state index in [1.165, 1.54) is 7.11 Å². The molecule has 0 spiro atoms. The van der Waals surface area contributed by atoms with Gasteiger partial charge in [-0.2, -0.15) is 0 Å². The van der Waals surface area contributed by atoms with Crippen molar-refractivity contribution in [2.45, 2.75) is 6.42 Å². The van der Waals surface area contributed by atoms with Gasteiger partial charge in [0.25, 0.3) is 0 Å². The third kappa shape index (κ3) is 2.50. The van der Waals surface area contributed by atoms with E-state index in [1.54, 1.807) is 18.2 Å². The topological polar surface area (TPSA) is 55.4 Å². The smallest absolute Gasteiger partial charge is 0.337 e. The van der Waals surface area contributed by atoms with Gasteiger partial charge < -0.3 is 10.1 Å². The predicted octanol–water partition coefficient (Wildman–Crippen LogP) is 3.29. The predicted molar refractivity (Wildman–Crippen MR) is 80.6 cm³/mol. The lowest BCUT2D eigenvalue weighted by Crippen LogP contribution is -2.03. The van der Waals surface area contributed by atoms with Gasteiger partial charge >= 0.3 is 5.97 Å². The van der Waals surface area contributed by atoms with Gasteiger partial charge in [0, 0.05) is 16.3 Å². The lowest BCUT2D eigenvalue weighted by atomic mass is 10.00. The molecule has 21 heavy (non-hydrogen) atoms. The van der Waals surface area contributed by atoms with E-state index in [1.807, 2.05) is 18.2 Å². The van der Waals surface area contributed by atoms with Crippen LogP contribution in [0.2, 0.25) is 5.02 Å². The van der Waals surface area contributed by atoms with E-state index in [0.29, 0.717) is 17.0 Å². The van der Waals surface area contributed by atoms with Crippen LogP contribution < -0.4 is 5.32 Å². The molecule has 5 heteroatoms. The van der Waals surface area contributed by atoms with Gasteiger partial charge in [-0.25, -0.2) is 4.79 Å². The second-order valence-electron chi connectivity index (χ2n) is 4.78. The second kappa shape index (κ2) is 5.22. The molecular formula is C16H12ClNO3. The van der Waals surface area contributed by atoms with Crippen LogP contribution in [0.3, 0.4) is 0 Å². The zero-order chi connectivity index (χ0) is 15.0. The molecule has 2 aromatic rings. The Labute approximate surface area is 126 Å². The quantitative estimate of drug-likeness (QED) is 0.866. The number of carbonyl (C=O) groups excluding carboxylic acids is 2. The summed E-state index contributed by atoms with van der Waals surface area (Å²) in [5, 5.41) is 3.32. The number of methoxy groups -OCH3 is 1. The molecule has 1 aliphatic rings. The molecule has 1 heterocycles. The number of nitrogens with one attached hydrogen (secondary N) is 1. The van der Waals surface area contributed by atoms with E-state index >= 15 is 0 Å². The number of amides is 1. The summed E-state index contributed by atoms with van der Waals surface area (Å²) in [6.45, 7) is 0. The highest BCUT2D eigenvalue weighted by Crippen LogP contribution is 2.33. The Balaban J connectivity index is 2.06. The fourth-order valence-corrected chi connectivity index (χ4v) is 2.61. The normalized spacial score (nSPS) is 12.8. The Hall–Kier alpha value is -2.33. The van der Waals surface area contributed by atoms with Crippen LogP contribution in [-0.4, -0.2) is 19.0 Å². The van der Waals surface area contributed by atoms with E-state index in [0.717, 1.165) is 22.4 Å². The molecule has 106 valence electrons. The molecule has 0 saturated heterocycles.